The van der Waals surface area contributed by atoms with Crippen molar-refractivity contribution in [3.63, 3.8) is 0 Å². The van der Waals surface area contributed by atoms with E-state index in [-0.39, 0.29) is 5.91 Å². The molecule has 0 aliphatic heterocycles. The first-order chi connectivity index (χ1) is 6.13. The Bertz CT molecular complexity index is 325. The Labute approximate surface area is 85.7 Å². The summed E-state index contributed by atoms with van der Waals surface area (Å²) in [6.45, 7) is 3.72. The Morgan fingerprint density at radius 1 is 1.62 bits per heavy atom. The van der Waals surface area contributed by atoms with Crippen LogP contribution in [-0.4, -0.2) is 10.9 Å². The predicted octanol–water partition coefficient (Wildman–Crippen LogP) is 2.50. The molecule has 3 nitrogen and oxygen atoms in total. The summed E-state index contributed by atoms with van der Waals surface area (Å²) >= 11 is 3.25. The van der Waals surface area contributed by atoms with E-state index in [1.807, 2.05) is 26.0 Å². The van der Waals surface area contributed by atoms with E-state index in [0.717, 1.165) is 10.2 Å². The fourth-order valence-corrected chi connectivity index (χ4v) is 1.16. The van der Waals surface area contributed by atoms with Crippen LogP contribution in [0.1, 0.15) is 18.9 Å². The van der Waals surface area contributed by atoms with Gasteiger partial charge >= 0.3 is 0 Å². The molecule has 1 heterocycles. The van der Waals surface area contributed by atoms with Crippen molar-refractivity contribution in [1.29, 1.82) is 0 Å². The van der Waals surface area contributed by atoms with Gasteiger partial charge in [0.15, 0.2) is 0 Å². The van der Waals surface area contributed by atoms with E-state index in [4.69, 9.17) is 0 Å². The van der Waals surface area contributed by atoms with Crippen LogP contribution in [0.2, 0.25) is 0 Å². The Balaban J connectivity index is 2.87. The Hall–Kier alpha value is -0.900. The second-order valence-electron chi connectivity index (χ2n) is 2.70. The van der Waals surface area contributed by atoms with Gasteiger partial charge in [0.2, 0.25) is 5.91 Å². The highest BCUT2D eigenvalue weighted by Gasteiger charge is 2.03. The van der Waals surface area contributed by atoms with Crippen LogP contribution < -0.4 is 5.32 Å². The largest absolute Gasteiger partial charge is 0.310 e. The van der Waals surface area contributed by atoms with Crippen molar-refractivity contribution >= 4 is 27.7 Å². The van der Waals surface area contributed by atoms with Gasteiger partial charge in [0.1, 0.15) is 10.4 Å². The van der Waals surface area contributed by atoms with Crippen LogP contribution in [0.4, 0.5) is 5.82 Å². The lowest BCUT2D eigenvalue weighted by Crippen LogP contribution is -2.11. The fraction of sp³-hybridized carbons (Fsp3) is 0.333. The average Bonchev–Trinajstić information content (AvgIpc) is 2.11. The first-order valence-electron chi connectivity index (χ1n) is 4.06. The SMILES string of the molecule is CCC(=O)Nc1nc(Br)ccc1C. The number of halogens is 1. The van der Waals surface area contributed by atoms with Gasteiger partial charge in [-0.3, -0.25) is 4.79 Å². The molecule has 0 aromatic carbocycles. The van der Waals surface area contributed by atoms with E-state index in [2.05, 4.69) is 26.2 Å². The maximum Gasteiger partial charge on any atom is 0.225 e. The first kappa shape index (κ1) is 10.2. The van der Waals surface area contributed by atoms with Crippen molar-refractivity contribution in [2.75, 3.05) is 5.32 Å². The number of aryl methyl sites for hydroxylation is 1. The zero-order valence-electron chi connectivity index (χ0n) is 7.60. The van der Waals surface area contributed by atoms with E-state index in [1.54, 1.807) is 0 Å². The monoisotopic (exact) mass is 242 g/mol. The van der Waals surface area contributed by atoms with E-state index in [0.29, 0.717) is 12.2 Å². The molecule has 13 heavy (non-hydrogen) atoms. The molecular formula is C9H11BrN2O. The number of rotatable bonds is 2. The lowest BCUT2D eigenvalue weighted by atomic mass is 10.3. The summed E-state index contributed by atoms with van der Waals surface area (Å²) < 4.78 is 0.726. The molecule has 0 saturated heterocycles. The molecule has 70 valence electrons. The molecule has 1 aromatic heterocycles. The van der Waals surface area contributed by atoms with Crippen LogP contribution in [0, 0.1) is 6.92 Å². The summed E-state index contributed by atoms with van der Waals surface area (Å²) in [7, 11) is 0. The molecule has 1 N–H and O–H groups in total. The molecule has 0 spiro atoms. The highest BCUT2D eigenvalue weighted by atomic mass is 79.9. The van der Waals surface area contributed by atoms with Gasteiger partial charge in [-0.2, -0.15) is 0 Å². The maximum atomic E-state index is 11.1. The lowest BCUT2D eigenvalue weighted by molar-refractivity contribution is -0.115. The summed E-state index contributed by atoms with van der Waals surface area (Å²) in [4.78, 5) is 15.2. The molecule has 1 rings (SSSR count). The van der Waals surface area contributed by atoms with Gasteiger partial charge in [0.25, 0.3) is 0 Å². The molecule has 0 atom stereocenters. The maximum absolute atomic E-state index is 11.1. The van der Waals surface area contributed by atoms with Gasteiger partial charge in [0.05, 0.1) is 0 Å². The average molecular weight is 243 g/mol. The quantitative estimate of drug-likeness (QED) is 0.811. The number of nitrogens with zero attached hydrogens (tertiary/aromatic N) is 1. The normalized spacial score (nSPS) is 9.77. The second-order valence-corrected chi connectivity index (χ2v) is 3.51. The molecule has 4 heteroatoms. The van der Waals surface area contributed by atoms with Crippen molar-refractivity contribution in [1.82, 2.24) is 4.98 Å². The van der Waals surface area contributed by atoms with Crippen LogP contribution in [0.15, 0.2) is 16.7 Å². The summed E-state index contributed by atoms with van der Waals surface area (Å²) in [6.07, 6.45) is 0.466. The number of carbonyl (C=O) groups excluding carboxylic acids is 1. The number of hydrogen-bond acceptors (Lipinski definition) is 2. The van der Waals surface area contributed by atoms with Crippen molar-refractivity contribution in [3.05, 3.63) is 22.3 Å². The molecule has 0 saturated carbocycles. The number of carbonyl (C=O) groups is 1. The molecule has 0 aliphatic rings. The second kappa shape index (κ2) is 4.37. The zero-order chi connectivity index (χ0) is 9.84. The number of pyridine rings is 1. The van der Waals surface area contributed by atoms with Crippen LogP contribution in [-0.2, 0) is 4.79 Å². The highest BCUT2D eigenvalue weighted by Crippen LogP contribution is 2.15. The van der Waals surface area contributed by atoms with Gasteiger partial charge in [-0.1, -0.05) is 13.0 Å². The highest BCUT2D eigenvalue weighted by molar-refractivity contribution is 9.10. The molecule has 1 aromatic rings. The van der Waals surface area contributed by atoms with Gasteiger partial charge in [-0.15, -0.1) is 0 Å². The topological polar surface area (TPSA) is 42.0 Å². The summed E-state index contributed by atoms with van der Waals surface area (Å²) in [5, 5.41) is 2.72. The summed E-state index contributed by atoms with van der Waals surface area (Å²) in [5.74, 6) is 0.606. The minimum atomic E-state index is -0.0197. The van der Waals surface area contributed by atoms with Crippen LogP contribution >= 0.6 is 15.9 Å². The number of nitrogens with one attached hydrogen (secondary N) is 1. The predicted molar refractivity (Wildman–Crippen MR) is 55.6 cm³/mol. The first-order valence-corrected chi connectivity index (χ1v) is 4.85. The van der Waals surface area contributed by atoms with Gasteiger partial charge < -0.3 is 5.32 Å². The van der Waals surface area contributed by atoms with Crippen molar-refractivity contribution in [2.45, 2.75) is 20.3 Å². The molecule has 0 aliphatic carbocycles. The smallest absolute Gasteiger partial charge is 0.225 e. The van der Waals surface area contributed by atoms with Crippen molar-refractivity contribution in [2.24, 2.45) is 0 Å². The zero-order valence-corrected chi connectivity index (χ0v) is 9.18. The summed E-state index contributed by atoms with van der Waals surface area (Å²) in [6, 6.07) is 3.75. The van der Waals surface area contributed by atoms with Crippen molar-refractivity contribution < 1.29 is 4.79 Å². The molecule has 0 bridgehead atoms. The number of aromatic nitrogens is 1. The number of amides is 1. The van der Waals surface area contributed by atoms with Crippen LogP contribution in [0.3, 0.4) is 0 Å². The Kier molecular flexibility index (Phi) is 3.42. The Morgan fingerprint density at radius 2 is 2.31 bits per heavy atom. The van der Waals surface area contributed by atoms with Crippen LogP contribution in [0.5, 0.6) is 0 Å². The van der Waals surface area contributed by atoms with Crippen molar-refractivity contribution in [3.8, 4) is 0 Å². The van der Waals surface area contributed by atoms with E-state index >= 15 is 0 Å². The van der Waals surface area contributed by atoms with Crippen LogP contribution in [0.25, 0.3) is 0 Å². The standard InChI is InChI=1S/C9H11BrN2O/c1-3-8(13)12-9-6(2)4-5-7(10)11-9/h4-5H,3H2,1-2H3,(H,11,12,13). The van der Waals surface area contributed by atoms with E-state index in [1.165, 1.54) is 0 Å². The molecule has 1 amide bonds. The molecule has 0 fully saturated rings. The third kappa shape index (κ3) is 2.81. The Morgan fingerprint density at radius 3 is 2.92 bits per heavy atom. The van der Waals surface area contributed by atoms with Gasteiger partial charge in [-0.05, 0) is 34.5 Å². The third-order valence-corrected chi connectivity index (χ3v) is 2.08. The minimum Gasteiger partial charge on any atom is -0.310 e. The molecule has 0 unspecified atom stereocenters. The lowest BCUT2D eigenvalue weighted by Gasteiger charge is -2.05. The summed E-state index contributed by atoms with van der Waals surface area (Å²) in [5.41, 5.74) is 0.963. The number of hydrogen-bond donors (Lipinski definition) is 1. The van der Waals surface area contributed by atoms with E-state index in [9.17, 15) is 4.79 Å². The molecule has 0 radical (unpaired) electrons. The fourth-order valence-electron chi connectivity index (χ4n) is 0.852. The minimum absolute atomic E-state index is 0.0197. The van der Waals surface area contributed by atoms with E-state index < -0.39 is 0 Å². The van der Waals surface area contributed by atoms with Gasteiger partial charge in [-0.25, -0.2) is 4.98 Å². The van der Waals surface area contributed by atoms with Gasteiger partial charge in [0, 0.05) is 6.42 Å². The number of anilines is 1. The molecular weight excluding hydrogens is 232 g/mol. The third-order valence-electron chi connectivity index (χ3n) is 1.64.